The Labute approximate surface area is 126 Å². The lowest BCUT2D eigenvalue weighted by atomic mass is 9.97. The Bertz CT molecular complexity index is 209. The lowest BCUT2D eigenvalue weighted by molar-refractivity contribution is 0.0320. The van der Waals surface area contributed by atoms with Crippen molar-refractivity contribution in [1.29, 1.82) is 0 Å². The third-order valence-electron chi connectivity index (χ3n) is 3.90. The van der Waals surface area contributed by atoms with E-state index < -0.39 is 0 Å². The van der Waals surface area contributed by atoms with E-state index in [-0.39, 0.29) is 0 Å². The lowest BCUT2D eigenvalue weighted by Gasteiger charge is -2.40. The Hall–Kier alpha value is -0.160. The number of ether oxygens (including phenoxy) is 2. The Balaban J connectivity index is 4.90. The Morgan fingerprint density at radius 1 is 1.10 bits per heavy atom. The zero-order valence-corrected chi connectivity index (χ0v) is 14.4. The summed E-state index contributed by atoms with van der Waals surface area (Å²) in [6.07, 6.45) is 3.58. The number of rotatable bonds is 13. The van der Waals surface area contributed by atoms with E-state index >= 15 is 0 Å². The van der Waals surface area contributed by atoms with E-state index in [1.807, 2.05) is 0 Å². The van der Waals surface area contributed by atoms with Crippen LogP contribution >= 0.6 is 0 Å². The average molecular weight is 288 g/mol. The first kappa shape index (κ1) is 19.8. The van der Waals surface area contributed by atoms with Gasteiger partial charge in [-0.2, -0.15) is 0 Å². The Morgan fingerprint density at radius 3 is 2.25 bits per heavy atom. The molecule has 0 aromatic rings. The maximum absolute atomic E-state index is 5.36. The van der Waals surface area contributed by atoms with E-state index in [9.17, 15) is 0 Å². The van der Waals surface area contributed by atoms with Crippen LogP contribution in [0.1, 0.15) is 47.0 Å². The number of hydrogen-bond acceptors (Lipinski definition) is 4. The molecule has 3 atom stereocenters. The van der Waals surface area contributed by atoms with Gasteiger partial charge in [-0.1, -0.05) is 27.2 Å². The minimum absolute atomic E-state index is 0.415. The summed E-state index contributed by atoms with van der Waals surface area (Å²) in [5, 5.41) is 3.67. The molecule has 0 saturated carbocycles. The average Bonchev–Trinajstić information content (AvgIpc) is 2.43. The number of nitrogens with zero attached hydrogens (tertiary/aromatic N) is 1. The molecule has 0 rings (SSSR count). The highest BCUT2D eigenvalue weighted by molar-refractivity contribution is 4.86. The molecule has 4 heteroatoms. The second-order valence-corrected chi connectivity index (χ2v) is 5.46. The lowest BCUT2D eigenvalue weighted by Crippen LogP contribution is -2.54. The zero-order chi connectivity index (χ0) is 15.4. The van der Waals surface area contributed by atoms with Crippen LogP contribution in [0.25, 0.3) is 0 Å². The summed E-state index contributed by atoms with van der Waals surface area (Å²) in [5.41, 5.74) is 0. The van der Waals surface area contributed by atoms with Crippen molar-refractivity contribution in [1.82, 2.24) is 10.2 Å². The van der Waals surface area contributed by atoms with E-state index in [0.29, 0.717) is 18.1 Å². The molecule has 0 aliphatic rings. The van der Waals surface area contributed by atoms with Crippen molar-refractivity contribution in [2.75, 3.05) is 40.5 Å². The summed E-state index contributed by atoms with van der Waals surface area (Å²) < 4.78 is 10.6. The first-order chi connectivity index (χ1) is 9.65. The zero-order valence-electron chi connectivity index (χ0n) is 14.4. The van der Waals surface area contributed by atoms with Gasteiger partial charge in [-0.3, -0.25) is 4.90 Å². The molecule has 0 radical (unpaired) electrons. The second-order valence-electron chi connectivity index (χ2n) is 5.46. The van der Waals surface area contributed by atoms with Crippen LogP contribution in [0.4, 0.5) is 0 Å². The normalized spacial score (nSPS) is 16.4. The van der Waals surface area contributed by atoms with Gasteiger partial charge in [0.1, 0.15) is 0 Å². The molecule has 1 N–H and O–H groups in total. The predicted octanol–water partition coefficient (Wildman–Crippen LogP) is 2.53. The van der Waals surface area contributed by atoms with Gasteiger partial charge in [0.25, 0.3) is 0 Å². The molecule has 0 aliphatic heterocycles. The van der Waals surface area contributed by atoms with E-state index in [2.05, 4.69) is 37.9 Å². The van der Waals surface area contributed by atoms with Crippen molar-refractivity contribution >= 4 is 0 Å². The molecule has 0 amide bonds. The third kappa shape index (κ3) is 7.02. The number of methoxy groups -OCH3 is 2. The monoisotopic (exact) mass is 288 g/mol. The third-order valence-corrected chi connectivity index (χ3v) is 3.90. The van der Waals surface area contributed by atoms with E-state index in [1.54, 1.807) is 14.2 Å². The van der Waals surface area contributed by atoms with Gasteiger partial charge in [0.15, 0.2) is 0 Å². The van der Waals surface area contributed by atoms with Crippen LogP contribution in [-0.4, -0.2) is 63.5 Å². The minimum atomic E-state index is 0.415. The van der Waals surface area contributed by atoms with Crippen LogP contribution in [0.5, 0.6) is 0 Å². The fourth-order valence-corrected chi connectivity index (χ4v) is 3.00. The van der Waals surface area contributed by atoms with Crippen molar-refractivity contribution in [2.45, 2.75) is 65.1 Å². The van der Waals surface area contributed by atoms with Gasteiger partial charge in [-0.15, -0.1) is 0 Å². The van der Waals surface area contributed by atoms with Gasteiger partial charge in [-0.25, -0.2) is 0 Å². The summed E-state index contributed by atoms with van der Waals surface area (Å²) >= 11 is 0. The molecule has 0 bridgehead atoms. The van der Waals surface area contributed by atoms with Crippen LogP contribution in [-0.2, 0) is 9.47 Å². The number of nitrogens with one attached hydrogen (secondary N) is 1. The highest BCUT2D eigenvalue weighted by Crippen LogP contribution is 2.17. The maximum atomic E-state index is 5.36. The van der Waals surface area contributed by atoms with Gasteiger partial charge in [0.05, 0.1) is 13.2 Å². The van der Waals surface area contributed by atoms with Crippen molar-refractivity contribution in [3.8, 4) is 0 Å². The topological polar surface area (TPSA) is 33.7 Å². The van der Waals surface area contributed by atoms with Gasteiger partial charge in [-0.05, 0) is 26.3 Å². The van der Waals surface area contributed by atoms with Crippen LogP contribution < -0.4 is 5.32 Å². The fourth-order valence-electron chi connectivity index (χ4n) is 3.00. The molecule has 0 heterocycles. The molecule has 122 valence electrons. The van der Waals surface area contributed by atoms with E-state index in [0.717, 1.165) is 32.7 Å². The molecule has 20 heavy (non-hydrogen) atoms. The Morgan fingerprint density at radius 2 is 1.80 bits per heavy atom. The van der Waals surface area contributed by atoms with Gasteiger partial charge < -0.3 is 14.8 Å². The number of likely N-dealkylation sites (N-methyl/N-ethyl adjacent to an activating group) is 1. The maximum Gasteiger partial charge on any atom is 0.0615 e. The molecule has 0 aromatic heterocycles. The first-order valence-corrected chi connectivity index (χ1v) is 8.13. The highest BCUT2D eigenvalue weighted by atomic mass is 16.5. The Kier molecular flexibility index (Phi) is 12.5. The van der Waals surface area contributed by atoms with Crippen LogP contribution in [0.15, 0.2) is 0 Å². The smallest absolute Gasteiger partial charge is 0.0615 e. The van der Waals surface area contributed by atoms with Crippen molar-refractivity contribution in [2.24, 2.45) is 0 Å². The molecule has 4 nitrogen and oxygen atoms in total. The van der Waals surface area contributed by atoms with E-state index in [4.69, 9.17) is 9.47 Å². The largest absolute Gasteiger partial charge is 0.383 e. The van der Waals surface area contributed by atoms with Crippen molar-refractivity contribution in [3.63, 3.8) is 0 Å². The highest BCUT2D eigenvalue weighted by Gasteiger charge is 2.28. The molecule has 0 saturated heterocycles. The van der Waals surface area contributed by atoms with Crippen LogP contribution in [0.2, 0.25) is 0 Å². The molecule has 0 fully saturated rings. The van der Waals surface area contributed by atoms with Crippen molar-refractivity contribution in [3.05, 3.63) is 0 Å². The van der Waals surface area contributed by atoms with Crippen LogP contribution in [0.3, 0.4) is 0 Å². The predicted molar refractivity (Wildman–Crippen MR) is 86.4 cm³/mol. The minimum Gasteiger partial charge on any atom is -0.383 e. The number of hydrogen-bond donors (Lipinski definition) is 1. The van der Waals surface area contributed by atoms with Crippen molar-refractivity contribution < 1.29 is 9.47 Å². The fraction of sp³-hybridized carbons (Fsp3) is 1.00. The summed E-state index contributed by atoms with van der Waals surface area (Å²) in [6, 6.07) is 1.50. The summed E-state index contributed by atoms with van der Waals surface area (Å²) in [5.74, 6) is 0. The molecular formula is C16H36N2O2. The van der Waals surface area contributed by atoms with Gasteiger partial charge in [0, 0.05) is 38.9 Å². The molecular weight excluding hydrogens is 252 g/mol. The summed E-state index contributed by atoms with van der Waals surface area (Å²) in [4.78, 5) is 2.55. The summed E-state index contributed by atoms with van der Waals surface area (Å²) in [7, 11) is 3.55. The quantitative estimate of drug-likeness (QED) is 0.565. The van der Waals surface area contributed by atoms with Gasteiger partial charge in [0.2, 0.25) is 0 Å². The first-order valence-electron chi connectivity index (χ1n) is 8.13. The van der Waals surface area contributed by atoms with Gasteiger partial charge >= 0.3 is 0 Å². The standard InChI is InChI=1S/C16H36N2O2/c1-7-10-15(17-9-3)16(8-2)18(11-12-19-5)14(4)13-20-6/h14-17H,7-13H2,1-6H3. The molecule has 0 spiro atoms. The second kappa shape index (κ2) is 12.6. The van der Waals surface area contributed by atoms with E-state index in [1.165, 1.54) is 12.8 Å². The molecule has 0 aromatic carbocycles. The van der Waals surface area contributed by atoms with Crippen LogP contribution in [0, 0.1) is 0 Å². The molecule has 3 unspecified atom stereocenters. The molecule has 0 aliphatic carbocycles. The summed E-state index contributed by atoms with van der Waals surface area (Å²) in [6.45, 7) is 12.5. The SMILES string of the molecule is CCCC(NCC)C(CC)N(CCOC)C(C)COC.